The SMILES string of the molecule is CCCC(=O)N(Cc1ccc(Cl)cc1)[C@H](C)C(=O)NCc1ccc(C)cc1. The van der Waals surface area contributed by atoms with Crippen LogP contribution in [0.3, 0.4) is 0 Å². The summed E-state index contributed by atoms with van der Waals surface area (Å²) < 4.78 is 0. The van der Waals surface area contributed by atoms with Crippen LogP contribution >= 0.6 is 11.6 Å². The summed E-state index contributed by atoms with van der Waals surface area (Å²) in [6.45, 7) is 6.59. The van der Waals surface area contributed by atoms with Crippen LogP contribution in [0.2, 0.25) is 5.02 Å². The second-order valence-electron chi connectivity index (χ2n) is 6.78. The number of carbonyl (C=O) groups excluding carboxylic acids is 2. The van der Waals surface area contributed by atoms with Gasteiger partial charge in [0.25, 0.3) is 0 Å². The fourth-order valence-electron chi connectivity index (χ4n) is 2.77. The van der Waals surface area contributed by atoms with E-state index in [1.54, 1.807) is 24.0 Å². The summed E-state index contributed by atoms with van der Waals surface area (Å²) in [7, 11) is 0. The Bertz CT molecular complexity index is 757. The number of rotatable bonds is 8. The van der Waals surface area contributed by atoms with Gasteiger partial charge in [0.2, 0.25) is 11.8 Å². The van der Waals surface area contributed by atoms with Gasteiger partial charge in [-0.25, -0.2) is 0 Å². The third-order valence-electron chi connectivity index (χ3n) is 4.48. The van der Waals surface area contributed by atoms with E-state index < -0.39 is 6.04 Å². The topological polar surface area (TPSA) is 49.4 Å². The van der Waals surface area contributed by atoms with E-state index in [1.165, 1.54) is 5.56 Å². The van der Waals surface area contributed by atoms with Gasteiger partial charge in [-0.05, 0) is 43.5 Å². The van der Waals surface area contributed by atoms with E-state index in [0.717, 1.165) is 17.5 Å². The first-order valence-corrected chi connectivity index (χ1v) is 9.65. The Balaban J connectivity index is 2.05. The van der Waals surface area contributed by atoms with Crippen LogP contribution in [-0.2, 0) is 22.7 Å². The van der Waals surface area contributed by atoms with Gasteiger partial charge in [0.1, 0.15) is 6.04 Å². The molecule has 0 aliphatic heterocycles. The van der Waals surface area contributed by atoms with Crippen molar-refractivity contribution in [2.45, 2.75) is 52.7 Å². The smallest absolute Gasteiger partial charge is 0.242 e. The highest BCUT2D eigenvalue weighted by Crippen LogP contribution is 2.15. The first-order valence-electron chi connectivity index (χ1n) is 9.28. The van der Waals surface area contributed by atoms with Gasteiger partial charge >= 0.3 is 0 Å². The number of carbonyl (C=O) groups is 2. The molecule has 0 aromatic heterocycles. The predicted molar refractivity (Wildman–Crippen MR) is 109 cm³/mol. The maximum absolute atomic E-state index is 12.7. The monoisotopic (exact) mass is 386 g/mol. The molecule has 0 unspecified atom stereocenters. The zero-order chi connectivity index (χ0) is 19.8. The number of aryl methyl sites for hydroxylation is 1. The summed E-state index contributed by atoms with van der Waals surface area (Å²) in [5.74, 6) is -0.181. The van der Waals surface area contributed by atoms with Crippen LogP contribution in [0.5, 0.6) is 0 Å². The molecule has 144 valence electrons. The summed E-state index contributed by atoms with van der Waals surface area (Å²) in [5, 5.41) is 3.58. The summed E-state index contributed by atoms with van der Waals surface area (Å²) in [5.41, 5.74) is 3.16. The minimum absolute atomic E-state index is 0.0227. The van der Waals surface area contributed by atoms with Crippen molar-refractivity contribution in [3.05, 3.63) is 70.2 Å². The van der Waals surface area contributed by atoms with Crippen LogP contribution in [0.4, 0.5) is 0 Å². The van der Waals surface area contributed by atoms with Crippen molar-refractivity contribution in [2.75, 3.05) is 0 Å². The molecule has 2 aromatic carbocycles. The average Bonchev–Trinajstić information content (AvgIpc) is 2.66. The summed E-state index contributed by atoms with van der Waals surface area (Å²) in [6.07, 6.45) is 1.16. The summed E-state index contributed by atoms with van der Waals surface area (Å²) in [6, 6.07) is 14.8. The first-order chi connectivity index (χ1) is 12.9. The molecule has 0 fully saturated rings. The molecule has 0 bridgehead atoms. The molecule has 5 heteroatoms. The maximum Gasteiger partial charge on any atom is 0.242 e. The van der Waals surface area contributed by atoms with Crippen LogP contribution in [-0.4, -0.2) is 22.8 Å². The maximum atomic E-state index is 12.7. The van der Waals surface area contributed by atoms with E-state index in [9.17, 15) is 9.59 Å². The lowest BCUT2D eigenvalue weighted by Gasteiger charge is -2.29. The van der Waals surface area contributed by atoms with E-state index in [0.29, 0.717) is 24.5 Å². The zero-order valence-electron chi connectivity index (χ0n) is 16.2. The lowest BCUT2D eigenvalue weighted by molar-refractivity contribution is -0.140. The largest absolute Gasteiger partial charge is 0.350 e. The lowest BCUT2D eigenvalue weighted by Crippen LogP contribution is -2.47. The van der Waals surface area contributed by atoms with Gasteiger partial charge in [0.15, 0.2) is 0 Å². The van der Waals surface area contributed by atoms with Gasteiger partial charge in [0, 0.05) is 24.5 Å². The molecule has 2 rings (SSSR count). The van der Waals surface area contributed by atoms with Crippen LogP contribution in [0.25, 0.3) is 0 Å². The molecule has 0 heterocycles. The minimum Gasteiger partial charge on any atom is -0.350 e. The number of hydrogen-bond donors (Lipinski definition) is 1. The number of amides is 2. The van der Waals surface area contributed by atoms with Crippen molar-refractivity contribution in [1.82, 2.24) is 10.2 Å². The molecule has 2 aromatic rings. The highest BCUT2D eigenvalue weighted by Gasteiger charge is 2.25. The van der Waals surface area contributed by atoms with Gasteiger partial charge in [-0.2, -0.15) is 0 Å². The van der Waals surface area contributed by atoms with E-state index >= 15 is 0 Å². The Morgan fingerprint density at radius 3 is 2.22 bits per heavy atom. The van der Waals surface area contributed by atoms with Crippen molar-refractivity contribution >= 4 is 23.4 Å². The fraction of sp³-hybridized carbons (Fsp3) is 0.364. The quantitative estimate of drug-likeness (QED) is 0.727. The number of hydrogen-bond acceptors (Lipinski definition) is 2. The van der Waals surface area contributed by atoms with Gasteiger partial charge in [-0.15, -0.1) is 0 Å². The second-order valence-corrected chi connectivity index (χ2v) is 7.21. The first kappa shape index (κ1) is 21.0. The Morgan fingerprint density at radius 2 is 1.63 bits per heavy atom. The molecule has 0 saturated heterocycles. The number of benzene rings is 2. The Morgan fingerprint density at radius 1 is 1.04 bits per heavy atom. The average molecular weight is 387 g/mol. The molecule has 0 radical (unpaired) electrons. The van der Waals surface area contributed by atoms with Crippen molar-refractivity contribution in [1.29, 1.82) is 0 Å². The molecule has 4 nitrogen and oxygen atoms in total. The number of nitrogens with one attached hydrogen (secondary N) is 1. The third-order valence-corrected chi connectivity index (χ3v) is 4.74. The van der Waals surface area contributed by atoms with Crippen molar-refractivity contribution in [2.24, 2.45) is 0 Å². The van der Waals surface area contributed by atoms with E-state index in [1.807, 2.05) is 50.2 Å². The number of nitrogens with zero attached hydrogens (tertiary/aromatic N) is 1. The minimum atomic E-state index is -0.551. The molecule has 2 amide bonds. The molecular weight excluding hydrogens is 360 g/mol. The lowest BCUT2D eigenvalue weighted by atomic mass is 10.1. The normalized spacial score (nSPS) is 11.7. The highest BCUT2D eigenvalue weighted by atomic mass is 35.5. The van der Waals surface area contributed by atoms with E-state index in [2.05, 4.69) is 5.32 Å². The summed E-state index contributed by atoms with van der Waals surface area (Å²) >= 11 is 5.94. The van der Waals surface area contributed by atoms with E-state index in [4.69, 9.17) is 11.6 Å². The number of halogens is 1. The van der Waals surface area contributed by atoms with Crippen molar-refractivity contribution in [3.63, 3.8) is 0 Å². The molecule has 1 N–H and O–H groups in total. The van der Waals surface area contributed by atoms with Crippen LogP contribution in [0, 0.1) is 6.92 Å². The van der Waals surface area contributed by atoms with Crippen LogP contribution < -0.4 is 5.32 Å². The van der Waals surface area contributed by atoms with E-state index in [-0.39, 0.29) is 11.8 Å². The van der Waals surface area contributed by atoms with Crippen LogP contribution in [0.1, 0.15) is 43.4 Å². The van der Waals surface area contributed by atoms with Crippen molar-refractivity contribution < 1.29 is 9.59 Å². The molecule has 27 heavy (non-hydrogen) atoms. The molecule has 0 spiro atoms. The molecule has 1 atom stereocenters. The fourth-order valence-corrected chi connectivity index (χ4v) is 2.90. The third kappa shape index (κ3) is 6.40. The highest BCUT2D eigenvalue weighted by molar-refractivity contribution is 6.30. The Labute approximate surface area is 166 Å². The molecular formula is C22H27ClN2O2. The second kappa shape index (κ2) is 10.1. The molecule has 0 aliphatic rings. The van der Waals surface area contributed by atoms with Gasteiger partial charge in [-0.3, -0.25) is 9.59 Å². The van der Waals surface area contributed by atoms with Gasteiger partial charge in [-0.1, -0.05) is 60.5 Å². The van der Waals surface area contributed by atoms with Gasteiger partial charge < -0.3 is 10.2 Å². The van der Waals surface area contributed by atoms with Gasteiger partial charge in [0.05, 0.1) is 0 Å². The molecule has 0 saturated carbocycles. The van der Waals surface area contributed by atoms with Crippen molar-refractivity contribution in [3.8, 4) is 0 Å². The van der Waals surface area contributed by atoms with Crippen LogP contribution in [0.15, 0.2) is 48.5 Å². The Hall–Kier alpha value is -2.33. The molecule has 0 aliphatic carbocycles. The predicted octanol–water partition coefficient (Wildman–Crippen LogP) is 4.48. The zero-order valence-corrected chi connectivity index (χ0v) is 16.9. The standard InChI is InChI=1S/C22H27ClN2O2/c1-4-5-21(26)25(15-19-10-12-20(23)13-11-19)17(3)22(27)24-14-18-8-6-16(2)7-9-18/h6-13,17H,4-5,14-15H2,1-3H3,(H,24,27)/t17-/m1/s1. The Kier molecular flexibility index (Phi) is 7.86. The summed E-state index contributed by atoms with van der Waals surface area (Å²) in [4.78, 5) is 26.9.